The first kappa shape index (κ1) is 19.1. The van der Waals surface area contributed by atoms with Crippen LogP contribution in [-0.2, 0) is 11.3 Å². The number of benzene rings is 1. The smallest absolute Gasteiger partial charge is 0.343 e. The summed E-state index contributed by atoms with van der Waals surface area (Å²) < 4.78 is 16.9. The second-order valence-electron chi connectivity index (χ2n) is 5.09. The highest BCUT2D eigenvalue weighted by Gasteiger charge is 2.16. The highest BCUT2D eigenvalue weighted by Crippen LogP contribution is 2.26. The zero-order chi connectivity index (χ0) is 18.2. The predicted octanol–water partition coefficient (Wildman–Crippen LogP) is 1.60. The fourth-order valence-corrected chi connectivity index (χ4v) is 3.07. The van der Waals surface area contributed by atoms with E-state index < -0.39 is 0 Å². The number of ketones is 1. The number of carbonyl (C=O) groups excluding carboxylic acids is 1. The number of nitrogens with one attached hydrogen (secondary N) is 1. The van der Waals surface area contributed by atoms with E-state index in [4.69, 9.17) is 14.2 Å². The van der Waals surface area contributed by atoms with E-state index in [2.05, 4.69) is 10.2 Å². The summed E-state index contributed by atoms with van der Waals surface area (Å²) in [5.41, 5.74) is 0.160. The zero-order valence-electron chi connectivity index (χ0n) is 14.4. The van der Waals surface area contributed by atoms with Crippen LogP contribution in [0.4, 0.5) is 0 Å². The lowest BCUT2D eigenvalue weighted by atomic mass is 10.1. The maximum absolute atomic E-state index is 12.5. The van der Waals surface area contributed by atoms with Crippen molar-refractivity contribution < 1.29 is 19.0 Å². The van der Waals surface area contributed by atoms with Crippen molar-refractivity contribution in [3.8, 4) is 11.5 Å². The summed E-state index contributed by atoms with van der Waals surface area (Å²) in [5.74, 6) is 1.07. The second kappa shape index (κ2) is 9.28. The molecule has 0 atom stereocenters. The highest BCUT2D eigenvalue weighted by molar-refractivity contribution is 7.99. The van der Waals surface area contributed by atoms with Crippen LogP contribution in [0.15, 0.2) is 28.2 Å². The summed E-state index contributed by atoms with van der Waals surface area (Å²) in [6.45, 7) is 1.02. The molecule has 0 aliphatic rings. The first-order valence-electron chi connectivity index (χ1n) is 7.62. The first-order chi connectivity index (χ1) is 12.1. The van der Waals surface area contributed by atoms with Gasteiger partial charge in [0.05, 0.1) is 25.5 Å². The predicted molar refractivity (Wildman–Crippen MR) is 93.9 cm³/mol. The van der Waals surface area contributed by atoms with Gasteiger partial charge in [-0.15, -0.1) is 5.10 Å². The molecule has 1 N–H and O–H groups in total. The Labute approximate surface area is 149 Å². The van der Waals surface area contributed by atoms with Gasteiger partial charge in [-0.1, -0.05) is 11.8 Å². The molecule has 0 saturated carbocycles. The summed E-state index contributed by atoms with van der Waals surface area (Å²) in [4.78, 5) is 24.3. The van der Waals surface area contributed by atoms with Gasteiger partial charge in [0.1, 0.15) is 11.5 Å². The summed E-state index contributed by atoms with van der Waals surface area (Å²) >= 11 is 1.20. The number of Topliss-reactive ketones (excluding diaryl/α,β-unsaturated/α-hetero) is 1. The molecule has 1 aromatic heterocycles. The van der Waals surface area contributed by atoms with E-state index in [0.717, 1.165) is 0 Å². The van der Waals surface area contributed by atoms with Crippen LogP contribution in [0.5, 0.6) is 11.5 Å². The van der Waals surface area contributed by atoms with Gasteiger partial charge in [-0.3, -0.25) is 9.36 Å². The summed E-state index contributed by atoms with van der Waals surface area (Å²) in [7, 11) is 4.65. The van der Waals surface area contributed by atoms with Crippen LogP contribution in [-0.4, -0.2) is 54.2 Å². The van der Waals surface area contributed by atoms with Gasteiger partial charge in [0.2, 0.25) is 0 Å². The lowest BCUT2D eigenvalue weighted by molar-refractivity contribution is 0.101. The van der Waals surface area contributed by atoms with Gasteiger partial charge in [-0.05, 0) is 18.6 Å². The molecular weight excluding hydrogens is 346 g/mol. The number of methoxy groups -OCH3 is 3. The standard InChI is InChI=1S/C16H21N3O5S/c1-22-8-4-7-19-15(21)17-18-16(19)25-10-13(20)12-6-5-11(23-2)9-14(12)24-3/h5-6,9H,4,7-8,10H2,1-3H3,(H,17,21). The minimum Gasteiger partial charge on any atom is -0.497 e. The van der Waals surface area contributed by atoms with E-state index in [1.165, 1.54) is 23.4 Å². The summed E-state index contributed by atoms with van der Waals surface area (Å²) in [6.07, 6.45) is 0.684. The molecule has 0 aliphatic heterocycles. The molecule has 0 fully saturated rings. The van der Waals surface area contributed by atoms with Gasteiger partial charge in [-0.2, -0.15) is 0 Å². The van der Waals surface area contributed by atoms with Gasteiger partial charge in [-0.25, -0.2) is 9.89 Å². The molecule has 1 aromatic carbocycles. The SMILES string of the molecule is COCCCn1c(SCC(=O)c2ccc(OC)cc2OC)n[nH]c1=O. The first-order valence-corrected chi connectivity index (χ1v) is 8.61. The van der Waals surface area contributed by atoms with Crippen LogP contribution in [0.2, 0.25) is 0 Å². The molecule has 8 nitrogen and oxygen atoms in total. The number of rotatable bonds is 10. The quantitative estimate of drug-likeness (QED) is 0.387. The van der Waals surface area contributed by atoms with Crippen LogP contribution >= 0.6 is 11.8 Å². The van der Waals surface area contributed by atoms with E-state index >= 15 is 0 Å². The van der Waals surface area contributed by atoms with Gasteiger partial charge in [0, 0.05) is 26.3 Å². The maximum atomic E-state index is 12.5. The lowest BCUT2D eigenvalue weighted by Crippen LogP contribution is -2.18. The van der Waals surface area contributed by atoms with Crippen molar-refractivity contribution in [3.05, 3.63) is 34.2 Å². The molecule has 0 radical (unpaired) electrons. The number of hydrogen-bond acceptors (Lipinski definition) is 7. The van der Waals surface area contributed by atoms with Crippen LogP contribution in [0.25, 0.3) is 0 Å². The van der Waals surface area contributed by atoms with Crippen molar-refractivity contribution in [1.29, 1.82) is 0 Å². The average molecular weight is 367 g/mol. The number of hydrogen-bond donors (Lipinski definition) is 1. The van der Waals surface area contributed by atoms with E-state index in [1.807, 2.05) is 0 Å². The summed E-state index contributed by atoms with van der Waals surface area (Å²) in [6, 6.07) is 5.03. The van der Waals surface area contributed by atoms with Crippen LogP contribution < -0.4 is 15.2 Å². The molecule has 136 valence electrons. The van der Waals surface area contributed by atoms with E-state index in [0.29, 0.717) is 41.8 Å². The number of aromatic nitrogens is 3. The Morgan fingerprint density at radius 1 is 1.28 bits per heavy atom. The van der Waals surface area contributed by atoms with Gasteiger partial charge >= 0.3 is 5.69 Å². The number of H-pyrrole nitrogens is 1. The Morgan fingerprint density at radius 2 is 2.08 bits per heavy atom. The summed E-state index contributed by atoms with van der Waals surface area (Å²) in [5, 5.41) is 6.86. The van der Waals surface area contributed by atoms with Crippen molar-refractivity contribution in [2.75, 3.05) is 33.7 Å². The van der Waals surface area contributed by atoms with E-state index in [9.17, 15) is 9.59 Å². The zero-order valence-corrected chi connectivity index (χ0v) is 15.2. The third kappa shape index (κ3) is 4.86. The minimum absolute atomic E-state index is 0.122. The molecule has 0 unspecified atom stereocenters. The van der Waals surface area contributed by atoms with Crippen molar-refractivity contribution in [2.24, 2.45) is 0 Å². The normalized spacial score (nSPS) is 10.7. The van der Waals surface area contributed by atoms with Crippen molar-refractivity contribution in [1.82, 2.24) is 14.8 Å². The Morgan fingerprint density at radius 3 is 2.76 bits per heavy atom. The molecule has 1 heterocycles. The molecular formula is C16H21N3O5S. The van der Waals surface area contributed by atoms with Crippen LogP contribution in [0.1, 0.15) is 16.8 Å². The third-order valence-electron chi connectivity index (χ3n) is 3.49. The maximum Gasteiger partial charge on any atom is 0.343 e. The molecule has 0 aliphatic carbocycles. The Bertz CT molecular complexity index is 771. The second-order valence-corrected chi connectivity index (χ2v) is 6.03. The van der Waals surface area contributed by atoms with Crippen LogP contribution in [0.3, 0.4) is 0 Å². The molecule has 2 rings (SSSR count). The molecule has 0 bridgehead atoms. The number of nitrogens with zero attached hydrogens (tertiary/aromatic N) is 2. The van der Waals surface area contributed by atoms with Crippen molar-refractivity contribution in [2.45, 2.75) is 18.1 Å². The molecule has 9 heteroatoms. The number of thioether (sulfide) groups is 1. The van der Waals surface area contributed by atoms with Gasteiger partial charge in [0.25, 0.3) is 0 Å². The Hall–Kier alpha value is -2.26. The third-order valence-corrected chi connectivity index (χ3v) is 4.47. The monoisotopic (exact) mass is 367 g/mol. The number of aromatic amines is 1. The fourth-order valence-electron chi connectivity index (χ4n) is 2.21. The number of carbonyl (C=O) groups is 1. The largest absolute Gasteiger partial charge is 0.497 e. The molecule has 0 amide bonds. The Kier molecular flexibility index (Phi) is 7.08. The van der Waals surface area contributed by atoms with E-state index in [-0.39, 0.29) is 17.2 Å². The molecule has 0 saturated heterocycles. The molecule has 2 aromatic rings. The van der Waals surface area contributed by atoms with Gasteiger partial charge in [0.15, 0.2) is 10.9 Å². The number of ether oxygens (including phenoxy) is 3. The Balaban J connectivity index is 2.07. The highest BCUT2D eigenvalue weighted by atomic mass is 32.2. The van der Waals surface area contributed by atoms with E-state index in [1.54, 1.807) is 32.4 Å². The van der Waals surface area contributed by atoms with Crippen LogP contribution in [0, 0.1) is 0 Å². The molecule has 25 heavy (non-hydrogen) atoms. The topological polar surface area (TPSA) is 95.4 Å². The molecule has 0 spiro atoms. The average Bonchev–Trinajstić information content (AvgIpc) is 2.99. The van der Waals surface area contributed by atoms with Gasteiger partial charge < -0.3 is 14.2 Å². The van der Waals surface area contributed by atoms with Crippen molar-refractivity contribution in [3.63, 3.8) is 0 Å². The lowest BCUT2D eigenvalue weighted by Gasteiger charge is -2.09. The minimum atomic E-state index is -0.298. The fraction of sp³-hybridized carbons (Fsp3) is 0.438. The van der Waals surface area contributed by atoms with Crippen molar-refractivity contribution >= 4 is 17.5 Å².